The van der Waals surface area contributed by atoms with Crippen molar-refractivity contribution in [2.24, 2.45) is 0 Å². The standard InChI is InChI=1S/C11H19NS/c1-4-12-9(2)5-6-11-7-10(3)13-8-11/h7-9,12H,4-6H2,1-3H3. The van der Waals surface area contributed by atoms with Gasteiger partial charge in [0.05, 0.1) is 0 Å². The van der Waals surface area contributed by atoms with Crippen molar-refractivity contribution in [2.75, 3.05) is 6.54 Å². The minimum Gasteiger partial charge on any atom is -0.315 e. The Morgan fingerprint density at radius 2 is 2.31 bits per heavy atom. The van der Waals surface area contributed by atoms with E-state index in [0.29, 0.717) is 6.04 Å². The van der Waals surface area contributed by atoms with Crippen LogP contribution in [-0.2, 0) is 6.42 Å². The molecule has 0 radical (unpaired) electrons. The van der Waals surface area contributed by atoms with Gasteiger partial charge in [0.2, 0.25) is 0 Å². The summed E-state index contributed by atoms with van der Waals surface area (Å²) in [5.41, 5.74) is 1.49. The number of nitrogens with one attached hydrogen (secondary N) is 1. The maximum atomic E-state index is 3.43. The van der Waals surface area contributed by atoms with Gasteiger partial charge in [0.25, 0.3) is 0 Å². The zero-order valence-electron chi connectivity index (χ0n) is 8.76. The molecule has 1 rings (SSSR count). The fourth-order valence-electron chi connectivity index (χ4n) is 1.46. The normalized spacial score (nSPS) is 13.2. The van der Waals surface area contributed by atoms with Crippen molar-refractivity contribution in [1.82, 2.24) is 5.32 Å². The summed E-state index contributed by atoms with van der Waals surface area (Å²) in [6.07, 6.45) is 2.45. The maximum Gasteiger partial charge on any atom is 0.00417 e. The fourth-order valence-corrected chi connectivity index (χ4v) is 2.21. The highest BCUT2D eigenvalue weighted by Crippen LogP contribution is 2.15. The molecule has 1 aromatic heterocycles. The highest BCUT2D eigenvalue weighted by atomic mass is 32.1. The first-order chi connectivity index (χ1) is 6.22. The van der Waals surface area contributed by atoms with Gasteiger partial charge in [0.15, 0.2) is 0 Å². The molecular formula is C11H19NS. The molecule has 1 unspecified atom stereocenters. The lowest BCUT2D eigenvalue weighted by Gasteiger charge is -2.10. The molecule has 0 bridgehead atoms. The van der Waals surface area contributed by atoms with Gasteiger partial charge < -0.3 is 5.32 Å². The Morgan fingerprint density at radius 3 is 2.85 bits per heavy atom. The van der Waals surface area contributed by atoms with Crippen molar-refractivity contribution in [1.29, 1.82) is 0 Å². The zero-order chi connectivity index (χ0) is 9.68. The number of aryl methyl sites for hydroxylation is 2. The summed E-state index contributed by atoms with van der Waals surface area (Å²) in [7, 11) is 0. The van der Waals surface area contributed by atoms with Gasteiger partial charge in [-0.1, -0.05) is 6.92 Å². The first-order valence-corrected chi connectivity index (χ1v) is 5.87. The molecule has 0 aliphatic heterocycles. The van der Waals surface area contributed by atoms with Gasteiger partial charge in [0, 0.05) is 10.9 Å². The van der Waals surface area contributed by atoms with Crippen molar-refractivity contribution in [3.63, 3.8) is 0 Å². The van der Waals surface area contributed by atoms with Crippen LogP contribution >= 0.6 is 11.3 Å². The molecule has 74 valence electrons. The summed E-state index contributed by atoms with van der Waals surface area (Å²) < 4.78 is 0. The number of thiophene rings is 1. The minimum absolute atomic E-state index is 0.644. The third kappa shape index (κ3) is 3.92. The van der Waals surface area contributed by atoms with Crippen molar-refractivity contribution in [3.8, 4) is 0 Å². The molecule has 1 aromatic rings. The quantitative estimate of drug-likeness (QED) is 0.765. The van der Waals surface area contributed by atoms with Gasteiger partial charge in [-0.2, -0.15) is 0 Å². The van der Waals surface area contributed by atoms with Crippen LogP contribution < -0.4 is 5.32 Å². The van der Waals surface area contributed by atoms with Crippen LogP contribution in [-0.4, -0.2) is 12.6 Å². The molecule has 13 heavy (non-hydrogen) atoms. The molecule has 0 aliphatic rings. The van der Waals surface area contributed by atoms with Crippen LogP contribution in [0.4, 0.5) is 0 Å². The average molecular weight is 197 g/mol. The molecule has 0 aromatic carbocycles. The van der Waals surface area contributed by atoms with E-state index in [2.05, 4.69) is 37.5 Å². The first kappa shape index (κ1) is 10.7. The average Bonchev–Trinajstić information content (AvgIpc) is 2.49. The number of hydrogen-bond donors (Lipinski definition) is 1. The summed E-state index contributed by atoms with van der Waals surface area (Å²) in [5.74, 6) is 0. The van der Waals surface area contributed by atoms with E-state index in [-0.39, 0.29) is 0 Å². The fraction of sp³-hybridized carbons (Fsp3) is 0.636. The van der Waals surface area contributed by atoms with E-state index in [1.165, 1.54) is 23.3 Å². The van der Waals surface area contributed by atoms with Gasteiger partial charge in [-0.3, -0.25) is 0 Å². The molecule has 1 N–H and O–H groups in total. The molecular weight excluding hydrogens is 178 g/mol. The van der Waals surface area contributed by atoms with E-state index in [1.54, 1.807) is 0 Å². The molecule has 0 aliphatic carbocycles. The predicted octanol–water partition coefficient (Wildman–Crippen LogP) is 2.99. The maximum absolute atomic E-state index is 3.43. The van der Waals surface area contributed by atoms with Crippen molar-refractivity contribution < 1.29 is 0 Å². The van der Waals surface area contributed by atoms with Crippen LogP contribution in [0.15, 0.2) is 11.4 Å². The van der Waals surface area contributed by atoms with Crippen LogP contribution in [0.1, 0.15) is 30.7 Å². The number of hydrogen-bond acceptors (Lipinski definition) is 2. The Kier molecular flexibility index (Phi) is 4.46. The molecule has 1 heterocycles. The third-order valence-corrected chi connectivity index (χ3v) is 3.11. The predicted molar refractivity (Wildman–Crippen MR) is 60.5 cm³/mol. The van der Waals surface area contributed by atoms with Gasteiger partial charge in [0.1, 0.15) is 0 Å². The first-order valence-electron chi connectivity index (χ1n) is 4.99. The molecule has 0 fully saturated rings. The van der Waals surface area contributed by atoms with Crippen LogP contribution in [0.5, 0.6) is 0 Å². The summed E-state index contributed by atoms with van der Waals surface area (Å²) in [6, 6.07) is 2.94. The minimum atomic E-state index is 0.644. The zero-order valence-corrected chi connectivity index (χ0v) is 9.58. The van der Waals surface area contributed by atoms with Crippen LogP contribution in [0.3, 0.4) is 0 Å². The Hall–Kier alpha value is -0.340. The van der Waals surface area contributed by atoms with E-state index in [1.807, 2.05) is 11.3 Å². The molecule has 1 atom stereocenters. The van der Waals surface area contributed by atoms with E-state index >= 15 is 0 Å². The topological polar surface area (TPSA) is 12.0 Å². The second kappa shape index (κ2) is 5.40. The lowest BCUT2D eigenvalue weighted by Crippen LogP contribution is -2.25. The van der Waals surface area contributed by atoms with E-state index < -0.39 is 0 Å². The third-order valence-electron chi connectivity index (χ3n) is 2.20. The summed E-state index contributed by atoms with van der Waals surface area (Å²) in [4.78, 5) is 1.42. The molecule has 0 saturated heterocycles. The van der Waals surface area contributed by atoms with Gasteiger partial charge in [-0.25, -0.2) is 0 Å². The van der Waals surface area contributed by atoms with Gasteiger partial charge in [-0.05, 0) is 50.2 Å². The molecule has 0 spiro atoms. The van der Waals surface area contributed by atoms with E-state index in [9.17, 15) is 0 Å². The van der Waals surface area contributed by atoms with Crippen LogP contribution in [0.25, 0.3) is 0 Å². The van der Waals surface area contributed by atoms with Crippen LogP contribution in [0.2, 0.25) is 0 Å². The SMILES string of the molecule is CCNC(C)CCc1csc(C)c1. The molecule has 2 heteroatoms. The highest BCUT2D eigenvalue weighted by Gasteiger charge is 2.01. The number of rotatable bonds is 5. The summed E-state index contributed by atoms with van der Waals surface area (Å²) in [6.45, 7) is 7.65. The molecule has 1 nitrogen and oxygen atoms in total. The molecule has 0 amide bonds. The Morgan fingerprint density at radius 1 is 1.54 bits per heavy atom. The highest BCUT2D eigenvalue weighted by molar-refractivity contribution is 7.10. The van der Waals surface area contributed by atoms with Crippen LogP contribution in [0, 0.1) is 6.92 Å². The largest absolute Gasteiger partial charge is 0.315 e. The molecule has 0 saturated carbocycles. The second-order valence-corrected chi connectivity index (χ2v) is 4.68. The monoisotopic (exact) mass is 197 g/mol. The van der Waals surface area contributed by atoms with Gasteiger partial charge >= 0.3 is 0 Å². The summed E-state index contributed by atoms with van der Waals surface area (Å²) >= 11 is 1.85. The van der Waals surface area contributed by atoms with Gasteiger partial charge in [-0.15, -0.1) is 11.3 Å². The summed E-state index contributed by atoms with van der Waals surface area (Å²) in [5, 5.41) is 5.70. The Balaban J connectivity index is 2.26. The smallest absolute Gasteiger partial charge is 0.00417 e. The van der Waals surface area contributed by atoms with Crippen molar-refractivity contribution >= 4 is 11.3 Å². The lowest BCUT2D eigenvalue weighted by atomic mass is 10.1. The Labute approximate surface area is 85.2 Å². The second-order valence-electron chi connectivity index (χ2n) is 3.56. The lowest BCUT2D eigenvalue weighted by molar-refractivity contribution is 0.531. The van der Waals surface area contributed by atoms with E-state index in [0.717, 1.165) is 6.54 Å². The van der Waals surface area contributed by atoms with E-state index in [4.69, 9.17) is 0 Å². The Bertz CT molecular complexity index is 242. The van der Waals surface area contributed by atoms with Crippen molar-refractivity contribution in [2.45, 2.75) is 39.7 Å². The van der Waals surface area contributed by atoms with Crippen molar-refractivity contribution in [3.05, 3.63) is 21.9 Å².